The number of alkyl halides is 3. The number of amides is 1. The summed E-state index contributed by atoms with van der Waals surface area (Å²) in [5, 5.41) is 14.0. The number of hydrogen-bond acceptors (Lipinski definition) is 4. The third-order valence-electron chi connectivity index (χ3n) is 2.82. The molecule has 0 radical (unpaired) electrons. The third kappa shape index (κ3) is 5.53. The summed E-state index contributed by atoms with van der Waals surface area (Å²) in [6, 6.07) is 13.4. The Morgan fingerprint density at radius 3 is 2.46 bits per heavy atom. The summed E-state index contributed by atoms with van der Waals surface area (Å²) in [5.41, 5.74) is 1.31. The molecule has 0 saturated carbocycles. The van der Waals surface area contributed by atoms with Crippen molar-refractivity contribution in [3.05, 3.63) is 54.1 Å². The number of nitriles is 1. The highest BCUT2D eigenvalue weighted by Crippen LogP contribution is 2.25. The number of nitrogens with zero attached hydrogens (tertiary/aromatic N) is 1. The van der Waals surface area contributed by atoms with E-state index in [1.807, 2.05) is 6.07 Å². The molecule has 8 heteroatoms. The van der Waals surface area contributed by atoms with Crippen LogP contribution in [0.4, 0.5) is 24.5 Å². The summed E-state index contributed by atoms with van der Waals surface area (Å²) in [6.07, 6.45) is -4.79. The van der Waals surface area contributed by atoms with Gasteiger partial charge in [-0.15, -0.1) is 13.2 Å². The predicted molar refractivity (Wildman–Crippen MR) is 81.4 cm³/mol. The Hall–Kier alpha value is -3.21. The van der Waals surface area contributed by atoms with Gasteiger partial charge >= 0.3 is 6.36 Å². The van der Waals surface area contributed by atoms with Crippen LogP contribution in [-0.4, -0.2) is 18.8 Å². The van der Waals surface area contributed by atoms with Crippen LogP contribution in [0.3, 0.4) is 0 Å². The highest BCUT2D eigenvalue weighted by molar-refractivity contribution is 5.93. The number of anilines is 2. The van der Waals surface area contributed by atoms with Gasteiger partial charge in [-0.3, -0.25) is 4.79 Å². The molecule has 0 fully saturated rings. The second kappa shape index (κ2) is 7.37. The maximum atomic E-state index is 12.2. The fourth-order valence-corrected chi connectivity index (χ4v) is 1.82. The molecule has 2 aromatic rings. The first-order chi connectivity index (χ1) is 11.4. The van der Waals surface area contributed by atoms with Gasteiger partial charge < -0.3 is 15.4 Å². The first-order valence-corrected chi connectivity index (χ1v) is 6.75. The lowest BCUT2D eigenvalue weighted by molar-refractivity contribution is -0.274. The molecule has 0 aliphatic heterocycles. The monoisotopic (exact) mass is 335 g/mol. The first kappa shape index (κ1) is 17.1. The van der Waals surface area contributed by atoms with Gasteiger partial charge in [-0.05, 0) is 36.4 Å². The van der Waals surface area contributed by atoms with Crippen LogP contribution in [0.1, 0.15) is 5.56 Å². The molecule has 0 atom stereocenters. The zero-order valence-corrected chi connectivity index (χ0v) is 12.2. The van der Waals surface area contributed by atoms with E-state index in [0.717, 1.165) is 12.1 Å². The van der Waals surface area contributed by atoms with Crippen molar-refractivity contribution in [2.45, 2.75) is 6.36 Å². The summed E-state index contributed by atoms with van der Waals surface area (Å²) in [7, 11) is 0. The third-order valence-corrected chi connectivity index (χ3v) is 2.82. The topological polar surface area (TPSA) is 74.2 Å². The quantitative estimate of drug-likeness (QED) is 0.877. The van der Waals surface area contributed by atoms with E-state index in [1.54, 1.807) is 24.3 Å². The van der Waals surface area contributed by atoms with Gasteiger partial charge in [0.05, 0.1) is 18.2 Å². The van der Waals surface area contributed by atoms with Crippen LogP contribution in [-0.2, 0) is 4.79 Å². The second-order valence-electron chi connectivity index (χ2n) is 4.67. The Labute approximate surface area is 135 Å². The summed E-state index contributed by atoms with van der Waals surface area (Å²) < 4.78 is 40.3. The van der Waals surface area contributed by atoms with Gasteiger partial charge in [0, 0.05) is 17.4 Å². The molecule has 0 saturated heterocycles. The highest BCUT2D eigenvalue weighted by Gasteiger charge is 2.31. The minimum absolute atomic E-state index is 0.0870. The summed E-state index contributed by atoms with van der Waals surface area (Å²) in [4.78, 5) is 11.8. The minimum atomic E-state index is -4.79. The SMILES string of the molecule is N#Cc1ccc(NCC(=O)Nc2cccc(OC(F)(F)F)c2)cc1. The largest absolute Gasteiger partial charge is 0.573 e. The Kier molecular flexibility index (Phi) is 5.27. The summed E-state index contributed by atoms with van der Waals surface area (Å²) in [6.45, 7) is -0.0870. The molecular formula is C16H12F3N3O2. The Bertz CT molecular complexity index is 752. The molecule has 0 unspecified atom stereocenters. The van der Waals surface area contributed by atoms with Crippen LogP contribution >= 0.6 is 0 Å². The number of rotatable bonds is 5. The van der Waals surface area contributed by atoms with Crippen LogP contribution < -0.4 is 15.4 Å². The average Bonchev–Trinajstić information content (AvgIpc) is 2.52. The van der Waals surface area contributed by atoms with E-state index >= 15 is 0 Å². The molecule has 0 aliphatic carbocycles. The van der Waals surface area contributed by atoms with Gasteiger partial charge in [0.15, 0.2) is 0 Å². The summed E-state index contributed by atoms with van der Waals surface area (Å²) >= 11 is 0. The van der Waals surface area contributed by atoms with Crippen molar-refractivity contribution in [2.75, 3.05) is 17.2 Å². The molecule has 0 aliphatic rings. The molecule has 1 amide bonds. The average molecular weight is 335 g/mol. The molecule has 0 aromatic heterocycles. The maximum absolute atomic E-state index is 12.2. The van der Waals surface area contributed by atoms with Crippen LogP contribution in [0.2, 0.25) is 0 Å². The van der Waals surface area contributed by atoms with E-state index in [1.165, 1.54) is 12.1 Å². The van der Waals surface area contributed by atoms with Gasteiger partial charge in [-0.2, -0.15) is 5.26 Å². The minimum Gasteiger partial charge on any atom is -0.406 e. The smallest absolute Gasteiger partial charge is 0.406 e. The van der Waals surface area contributed by atoms with E-state index in [9.17, 15) is 18.0 Å². The highest BCUT2D eigenvalue weighted by atomic mass is 19.4. The molecule has 124 valence electrons. The van der Waals surface area contributed by atoms with Crippen molar-refractivity contribution < 1.29 is 22.7 Å². The zero-order valence-electron chi connectivity index (χ0n) is 12.2. The molecule has 0 heterocycles. The molecule has 0 bridgehead atoms. The number of ether oxygens (including phenoxy) is 1. The number of benzene rings is 2. The molecule has 5 nitrogen and oxygen atoms in total. The lowest BCUT2D eigenvalue weighted by Crippen LogP contribution is -2.22. The Balaban J connectivity index is 1.90. The van der Waals surface area contributed by atoms with Gasteiger partial charge in [-0.1, -0.05) is 6.07 Å². The normalized spacial score (nSPS) is 10.6. The van der Waals surface area contributed by atoms with Crippen LogP contribution in [0, 0.1) is 11.3 Å². The lowest BCUT2D eigenvalue weighted by atomic mass is 10.2. The van der Waals surface area contributed by atoms with Crippen LogP contribution in [0.25, 0.3) is 0 Å². The molecular weight excluding hydrogens is 323 g/mol. The van der Waals surface area contributed by atoms with E-state index in [0.29, 0.717) is 11.3 Å². The van der Waals surface area contributed by atoms with E-state index < -0.39 is 18.0 Å². The number of nitrogens with one attached hydrogen (secondary N) is 2. The number of carbonyl (C=O) groups is 1. The van der Waals surface area contributed by atoms with Crippen molar-refractivity contribution in [3.63, 3.8) is 0 Å². The van der Waals surface area contributed by atoms with Gasteiger partial charge in [0.1, 0.15) is 5.75 Å². The van der Waals surface area contributed by atoms with E-state index in [-0.39, 0.29) is 12.2 Å². The molecule has 2 rings (SSSR count). The fourth-order valence-electron chi connectivity index (χ4n) is 1.82. The van der Waals surface area contributed by atoms with Crippen LogP contribution in [0.5, 0.6) is 5.75 Å². The van der Waals surface area contributed by atoms with Crippen LogP contribution in [0.15, 0.2) is 48.5 Å². The van der Waals surface area contributed by atoms with Crippen molar-refractivity contribution >= 4 is 17.3 Å². The van der Waals surface area contributed by atoms with Crippen molar-refractivity contribution in [2.24, 2.45) is 0 Å². The van der Waals surface area contributed by atoms with E-state index in [4.69, 9.17) is 5.26 Å². The Morgan fingerprint density at radius 2 is 1.83 bits per heavy atom. The molecule has 0 spiro atoms. The molecule has 2 aromatic carbocycles. The standard InChI is InChI=1S/C16H12F3N3O2/c17-16(18,19)24-14-3-1-2-13(8-14)22-15(23)10-21-12-6-4-11(9-20)5-7-12/h1-8,21H,10H2,(H,22,23). The zero-order chi connectivity index (χ0) is 17.6. The second-order valence-corrected chi connectivity index (χ2v) is 4.67. The summed E-state index contributed by atoms with van der Waals surface area (Å²) in [5.74, 6) is -0.858. The Morgan fingerprint density at radius 1 is 1.12 bits per heavy atom. The number of carbonyl (C=O) groups excluding carboxylic acids is 1. The molecule has 2 N–H and O–H groups in total. The predicted octanol–water partition coefficient (Wildman–Crippen LogP) is 3.51. The number of hydrogen-bond donors (Lipinski definition) is 2. The first-order valence-electron chi connectivity index (χ1n) is 6.75. The van der Waals surface area contributed by atoms with Crippen molar-refractivity contribution in [3.8, 4) is 11.8 Å². The van der Waals surface area contributed by atoms with Gasteiger partial charge in [-0.25, -0.2) is 0 Å². The van der Waals surface area contributed by atoms with Gasteiger partial charge in [0.2, 0.25) is 5.91 Å². The fraction of sp³-hybridized carbons (Fsp3) is 0.125. The van der Waals surface area contributed by atoms with Crippen molar-refractivity contribution in [1.82, 2.24) is 0 Å². The van der Waals surface area contributed by atoms with Crippen molar-refractivity contribution in [1.29, 1.82) is 5.26 Å². The maximum Gasteiger partial charge on any atom is 0.573 e. The molecule has 24 heavy (non-hydrogen) atoms. The van der Waals surface area contributed by atoms with Gasteiger partial charge in [0.25, 0.3) is 0 Å². The lowest BCUT2D eigenvalue weighted by Gasteiger charge is -2.11. The van der Waals surface area contributed by atoms with E-state index in [2.05, 4.69) is 15.4 Å². The number of halogens is 3.